The van der Waals surface area contributed by atoms with Crippen LogP contribution in [-0.2, 0) is 0 Å². The fraction of sp³-hybridized carbons (Fsp3) is 0. The maximum atomic E-state index is 13.1. The minimum absolute atomic E-state index is 0.0448. The predicted octanol–water partition coefficient (Wildman–Crippen LogP) is 4.86. The number of fused-ring (bicyclic) bond motifs is 1. The van der Waals surface area contributed by atoms with E-state index in [9.17, 15) is 9.18 Å². The Balaban J connectivity index is 2.05. The summed E-state index contributed by atoms with van der Waals surface area (Å²) in [5, 5.41) is 2.02. The summed E-state index contributed by atoms with van der Waals surface area (Å²) in [7, 11) is 0. The van der Waals surface area contributed by atoms with Crippen molar-refractivity contribution in [2.75, 3.05) is 0 Å². The van der Waals surface area contributed by atoms with Crippen molar-refractivity contribution in [3.63, 3.8) is 0 Å². The number of benzene rings is 3. The zero-order valence-electron chi connectivity index (χ0n) is 10.4. The SMILES string of the molecule is O=C(c1ccc(F)c(Cl)c1)c1ccc2ccccc2c1. The molecule has 0 radical (unpaired) electrons. The van der Waals surface area contributed by atoms with E-state index >= 15 is 0 Å². The average molecular weight is 285 g/mol. The molecular weight excluding hydrogens is 275 g/mol. The minimum Gasteiger partial charge on any atom is -0.289 e. The zero-order chi connectivity index (χ0) is 14.1. The third-order valence-electron chi connectivity index (χ3n) is 3.19. The Morgan fingerprint density at radius 1 is 0.850 bits per heavy atom. The Labute approximate surface area is 120 Å². The topological polar surface area (TPSA) is 17.1 Å². The predicted molar refractivity (Wildman–Crippen MR) is 78.8 cm³/mol. The number of ketones is 1. The number of carbonyl (C=O) groups excluding carboxylic acids is 1. The molecule has 0 fully saturated rings. The van der Waals surface area contributed by atoms with Crippen LogP contribution in [0, 0.1) is 5.82 Å². The van der Waals surface area contributed by atoms with E-state index in [0.29, 0.717) is 11.1 Å². The molecule has 3 aromatic carbocycles. The molecule has 3 rings (SSSR count). The van der Waals surface area contributed by atoms with Gasteiger partial charge < -0.3 is 0 Å². The molecule has 1 nitrogen and oxygen atoms in total. The molecule has 0 aliphatic carbocycles. The monoisotopic (exact) mass is 284 g/mol. The minimum atomic E-state index is -0.526. The zero-order valence-corrected chi connectivity index (χ0v) is 11.2. The van der Waals surface area contributed by atoms with E-state index in [4.69, 9.17) is 11.6 Å². The molecule has 0 atom stereocenters. The van der Waals surface area contributed by atoms with Gasteiger partial charge in [0.25, 0.3) is 0 Å². The highest BCUT2D eigenvalue weighted by atomic mass is 35.5. The number of hydrogen-bond acceptors (Lipinski definition) is 1. The Morgan fingerprint density at radius 2 is 1.50 bits per heavy atom. The van der Waals surface area contributed by atoms with Gasteiger partial charge in [-0.25, -0.2) is 4.39 Å². The van der Waals surface area contributed by atoms with Crippen LogP contribution in [0.2, 0.25) is 5.02 Å². The first-order valence-electron chi connectivity index (χ1n) is 6.14. The molecule has 0 N–H and O–H groups in total. The molecule has 0 saturated heterocycles. The molecule has 0 spiro atoms. The molecule has 0 aliphatic rings. The van der Waals surface area contributed by atoms with E-state index in [1.54, 1.807) is 6.07 Å². The second-order valence-electron chi connectivity index (χ2n) is 4.52. The van der Waals surface area contributed by atoms with E-state index in [1.165, 1.54) is 18.2 Å². The molecule has 98 valence electrons. The van der Waals surface area contributed by atoms with Crippen molar-refractivity contribution in [1.29, 1.82) is 0 Å². The molecule has 0 aliphatic heterocycles. The van der Waals surface area contributed by atoms with Gasteiger partial charge >= 0.3 is 0 Å². The summed E-state index contributed by atoms with van der Waals surface area (Å²) in [6.07, 6.45) is 0. The first-order chi connectivity index (χ1) is 9.65. The summed E-state index contributed by atoms with van der Waals surface area (Å²) in [4.78, 5) is 12.4. The van der Waals surface area contributed by atoms with Gasteiger partial charge in [-0.15, -0.1) is 0 Å². The second-order valence-corrected chi connectivity index (χ2v) is 4.93. The van der Waals surface area contributed by atoms with E-state index in [2.05, 4.69) is 0 Å². The average Bonchev–Trinajstić information content (AvgIpc) is 2.49. The molecule has 0 aromatic heterocycles. The van der Waals surface area contributed by atoms with Gasteiger partial charge in [-0.05, 0) is 35.0 Å². The lowest BCUT2D eigenvalue weighted by atomic mass is 10.00. The second kappa shape index (κ2) is 5.06. The van der Waals surface area contributed by atoms with Crippen LogP contribution >= 0.6 is 11.6 Å². The number of rotatable bonds is 2. The molecule has 0 saturated carbocycles. The molecule has 3 heteroatoms. The number of halogens is 2. The standard InChI is InChI=1S/C17H10ClFO/c18-15-10-14(7-8-16(15)19)17(20)13-6-5-11-3-1-2-4-12(11)9-13/h1-10H. The lowest BCUT2D eigenvalue weighted by Crippen LogP contribution is -2.01. The fourth-order valence-electron chi connectivity index (χ4n) is 2.13. The summed E-state index contributed by atoms with van der Waals surface area (Å²) in [6, 6.07) is 17.3. The van der Waals surface area contributed by atoms with Crippen molar-refractivity contribution in [2.24, 2.45) is 0 Å². The van der Waals surface area contributed by atoms with Gasteiger partial charge in [0.05, 0.1) is 5.02 Å². The van der Waals surface area contributed by atoms with Crippen LogP contribution in [0.5, 0.6) is 0 Å². The van der Waals surface area contributed by atoms with Crippen molar-refractivity contribution in [3.05, 3.63) is 82.6 Å². The van der Waals surface area contributed by atoms with Crippen LogP contribution in [0.4, 0.5) is 4.39 Å². The molecule has 20 heavy (non-hydrogen) atoms. The summed E-state index contributed by atoms with van der Waals surface area (Å²) in [6.45, 7) is 0. The highest BCUT2D eigenvalue weighted by Gasteiger charge is 2.11. The van der Waals surface area contributed by atoms with Crippen molar-refractivity contribution in [1.82, 2.24) is 0 Å². The van der Waals surface area contributed by atoms with Gasteiger partial charge in [0.1, 0.15) is 5.82 Å². The summed E-state index contributed by atoms with van der Waals surface area (Å²) >= 11 is 5.71. The van der Waals surface area contributed by atoms with Crippen molar-refractivity contribution in [2.45, 2.75) is 0 Å². The normalized spacial score (nSPS) is 10.7. The lowest BCUT2D eigenvalue weighted by Gasteiger charge is -2.04. The van der Waals surface area contributed by atoms with E-state index < -0.39 is 5.82 Å². The van der Waals surface area contributed by atoms with Gasteiger partial charge in [-0.3, -0.25) is 4.79 Å². The van der Waals surface area contributed by atoms with Gasteiger partial charge in [0.15, 0.2) is 5.78 Å². The summed E-state index contributed by atoms with van der Waals surface area (Å²) in [5.41, 5.74) is 0.943. The smallest absolute Gasteiger partial charge is 0.193 e. The summed E-state index contributed by atoms with van der Waals surface area (Å²) in [5.74, 6) is -0.695. The summed E-state index contributed by atoms with van der Waals surface area (Å²) < 4.78 is 13.1. The first kappa shape index (κ1) is 12.8. The van der Waals surface area contributed by atoms with Crippen molar-refractivity contribution in [3.8, 4) is 0 Å². The molecule has 3 aromatic rings. The van der Waals surface area contributed by atoms with Crippen LogP contribution in [0.3, 0.4) is 0 Å². The van der Waals surface area contributed by atoms with Gasteiger partial charge in [-0.2, -0.15) is 0 Å². The van der Waals surface area contributed by atoms with Gasteiger partial charge in [0.2, 0.25) is 0 Å². The molecule has 0 bridgehead atoms. The van der Waals surface area contributed by atoms with Crippen molar-refractivity contribution < 1.29 is 9.18 Å². The first-order valence-corrected chi connectivity index (χ1v) is 6.51. The highest BCUT2D eigenvalue weighted by molar-refractivity contribution is 6.31. The van der Waals surface area contributed by atoms with Gasteiger partial charge in [0, 0.05) is 11.1 Å². The van der Waals surface area contributed by atoms with Crippen LogP contribution in [0.1, 0.15) is 15.9 Å². The molecular formula is C17H10ClFO. The Bertz CT molecular complexity index is 811. The Morgan fingerprint density at radius 3 is 2.25 bits per heavy atom. The van der Waals surface area contributed by atoms with Crippen molar-refractivity contribution >= 4 is 28.2 Å². The number of carbonyl (C=O) groups is 1. The Hall–Kier alpha value is -2.19. The maximum absolute atomic E-state index is 13.1. The lowest BCUT2D eigenvalue weighted by molar-refractivity contribution is 0.103. The quantitative estimate of drug-likeness (QED) is 0.614. The molecule has 0 heterocycles. The highest BCUT2D eigenvalue weighted by Crippen LogP contribution is 2.21. The third-order valence-corrected chi connectivity index (χ3v) is 3.48. The van der Waals surface area contributed by atoms with Gasteiger partial charge in [-0.1, -0.05) is 48.0 Å². The maximum Gasteiger partial charge on any atom is 0.193 e. The van der Waals surface area contributed by atoms with E-state index in [-0.39, 0.29) is 10.8 Å². The third kappa shape index (κ3) is 2.30. The van der Waals surface area contributed by atoms with Crippen LogP contribution in [0.25, 0.3) is 10.8 Å². The van der Waals surface area contributed by atoms with Crippen LogP contribution < -0.4 is 0 Å². The van der Waals surface area contributed by atoms with E-state index in [0.717, 1.165) is 10.8 Å². The largest absolute Gasteiger partial charge is 0.289 e. The fourth-order valence-corrected chi connectivity index (χ4v) is 2.32. The Kier molecular flexibility index (Phi) is 3.25. The molecule has 0 unspecified atom stereocenters. The number of hydrogen-bond donors (Lipinski definition) is 0. The van der Waals surface area contributed by atoms with Crippen LogP contribution in [-0.4, -0.2) is 5.78 Å². The van der Waals surface area contributed by atoms with E-state index in [1.807, 2.05) is 36.4 Å². The van der Waals surface area contributed by atoms with Crippen LogP contribution in [0.15, 0.2) is 60.7 Å². The molecule has 0 amide bonds.